The molecule has 0 aliphatic carbocycles. The molecule has 6 aromatic rings. The van der Waals surface area contributed by atoms with Gasteiger partial charge in [0, 0.05) is 43.2 Å². The van der Waals surface area contributed by atoms with E-state index in [1.807, 2.05) is 18.3 Å². The van der Waals surface area contributed by atoms with Crippen LogP contribution in [0, 0.1) is 0 Å². The van der Waals surface area contributed by atoms with Gasteiger partial charge in [0.2, 0.25) is 0 Å². The average Bonchev–Trinajstić information content (AvgIpc) is 3.37. The monoisotopic (exact) mass is 625 g/mol. The summed E-state index contributed by atoms with van der Waals surface area (Å²) in [5.74, 6) is 0.854. The SMILES string of the molecule is CC(=O)/C=C(/C)O.[Ir].c1ccc2[n-]c(-n3c4ccccc4c4c5ccccc5cnc43)cc2c1. The Morgan fingerprint density at radius 2 is 1.56 bits per heavy atom. The largest absolute Gasteiger partial charge is 0.512 e. The summed E-state index contributed by atoms with van der Waals surface area (Å²) in [7, 11) is 0. The van der Waals surface area contributed by atoms with Crippen LogP contribution in [-0.4, -0.2) is 20.4 Å². The number of pyridine rings is 1. The third-order valence-electron chi connectivity index (χ3n) is 5.50. The molecular weight excluding hydrogens is 603 g/mol. The minimum atomic E-state index is -0.125. The van der Waals surface area contributed by atoms with Crippen molar-refractivity contribution < 1.29 is 30.0 Å². The van der Waals surface area contributed by atoms with E-state index in [9.17, 15) is 4.79 Å². The number of aliphatic hydroxyl groups is 1. The van der Waals surface area contributed by atoms with Crippen LogP contribution in [0.1, 0.15) is 13.8 Å². The minimum absolute atomic E-state index is 0. The number of hydrogen-bond donors (Lipinski definition) is 1. The molecule has 0 spiro atoms. The quantitative estimate of drug-likeness (QED) is 0.177. The fourth-order valence-electron chi connectivity index (χ4n) is 4.23. The molecule has 3 heterocycles. The normalized spacial score (nSPS) is 11.4. The number of benzene rings is 3. The van der Waals surface area contributed by atoms with Gasteiger partial charge in [-0.2, -0.15) is 0 Å². The first-order valence-electron chi connectivity index (χ1n) is 10.7. The number of carbonyl (C=O) groups is 1. The predicted molar refractivity (Wildman–Crippen MR) is 134 cm³/mol. The summed E-state index contributed by atoms with van der Waals surface area (Å²) < 4.78 is 2.18. The van der Waals surface area contributed by atoms with E-state index >= 15 is 0 Å². The second kappa shape index (κ2) is 9.64. The molecule has 0 saturated carbocycles. The first kappa shape index (κ1) is 23.4. The number of aliphatic hydroxyl groups excluding tert-OH is 1. The molecule has 6 heteroatoms. The molecule has 6 rings (SSSR count). The molecule has 171 valence electrons. The van der Waals surface area contributed by atoms with Crippen molar-refractivity contribution in [3.05, 3.63) is 96.9 Å². The second-order valence-corrected chi connectivity index (χ2v) is 7.97. The molecule has 0 atom stereocenters. The molecule has 0 bridgehead atoms. The number of carbonyl (C=O) groups excluding carboxylic acids is 1. The van der Waals surface area contributed by atoms with Gasteiger partial charge in [-0.05, 0) is 41.0 Å². The summed E-state index contributed by atoms with van der Waals surface area (Å²) in [6, 6.07) is 27.3. The van der Waals surface area contributed by atoms with Crippen molar-refractivity contribution in [2.75, 3.05) is 0 Å². The molecule has 3 aromatic heterocycles. The first-order chi connectivity index (χ1) is 16.0. The second-order valence-electron chi connectivity index (χ2n) is 7.97. The predicted octanol–water partition coefficient (Wildman–Crippen LogP) is 6.48. The van der Waals surface area contributed by atoms with Crippen LogP contribution >= 0.6 is 0 Å². The summed E-state index contributed by atoms with van der Waals surface area (Å²) in [5.41, 5.74) is 3.09. The third-order valence-corrected chi connectivity index (χ3v) is 5.50. The number of fused-ring (bicyclic) bond motifs is 6. The molecule has 0 saturated heterocycles. The Hall–Kier alpha value is -3.73. The fraction of sp³-hybridized carbons (Fsp3) is 0.0714. The smallest absolute Gasteiger partial charge is 0.155 e. The van der Waals surface area contributed by atoms with Gasteiger partial charge in [0.25, 0.3) is 0 Å². The maximum Gasteiger partial charge on any atom is 0.155 e. The summed E-state index contributed by atoms with van der Waals surface area (Å²) in [5, 5.41) is 14.3. The Balaban J connectivity index is 0.000000303. The average molecular weight is 625 g/mol. The van der Waals surface area contributed by atoms with E-state index in [0.717, 1.165) is 33.3 Å². The Bertz CT molecular complexity index is 1640. The van der Waals surface area contributed by atoms with Crippen LogP contribution in [0.4, 0.5) is 0 Å². The topological polar surface area (TPSA) is 69.2 Å². The zero-order valence-electron chi connectivity index (χ0n) is 18.7. The zero-order valence-corrected chi connectivity index (χ0v) is 21.1. The standard InChI is InChI=1S/C23H14N3.C5H8O2.Ir/c1-3-9-17-16(8-1)14-24-23-22(17)18-10-4-6-12-20(18)26(23)21-13-15-7-2-5-11-19(15)25-21;1-4(6)3-5(2)7;/h1-14H;3,6H,1-2H3;/q-1;;/b;4-3-;. The van der Waals surface area contributed by atoms with E-state index < -0.39 is 0 Å². The third kappa shape index (κ3) is 4.26. The maximum atomic E-state index is 10.0. The van der Waals surface area contributed by atoms with Gasteiger partial charge in [0.05, 0.1) is 11.4 Å². The molecular formula is C28H22IrN3O2-. The Morgan fingerprint density at radius 1 is 0.912 bits per heavy atom. The van der Waals surface area contributed by atoms with Crippen LogP contribution in [0.25, 0.3) is 49.4 Å². The number of rotatable bonds is 2. The number of allylic oxidation sites excluding steroid dienone is 2. The summed E-state index contributed by atoms with van der Waals surface area (Å²) in [4.78, 5) is 19.7. The summed E-state index contributed by atoms with van der Waals surface area (Å²) >= 11 is 0. The van der Waals surface area contributed by atoms with Crippen LogP contribution in [0.3, 0.4) is 0 Å². The van der Waals surface area contributed by atoms with Crippen molar-refractivity contribution in [2.24, 2.45) is 0 Å². The molecule has 0 unspecified atom stereocenters. The van der Waals surface area contributed by atoms with Gasteiger partial charge in [0.1, 0.15) is 0 Å². The van der Waals surface area contributed by atoms with Gasteiger partial charge in [-0.25, -0.2) is 0 Å². The van der Waals surface area contributed by atoms with E-state index in [1.165, 1.54) is 36.1 Å². The van der Waals surface area contributed by atoms with Gasteiger partial charge in [-0.15, -0.1) is 0 Å². The van der Waals surface area contributed by atoms with Crippen LogP contribution in [0.15, 0.2) is 96.9 Å². The van der Waals surface area contributed by atoms with Crippen molar-refractivity contribution >= 4 is 49.4 Å². The van der Waals surface area contributed by atoms with E-state index in [0.29, 0.717) is 0 Å². The molecule has 3 aromatic carbocycles. The molecule has 0 amide bonds. The number of aromatic nitrogens is 3. The zero-order chi connectivity index (χ0) is 22.9. The number of para-hydroxylation sites is 2. The van der Waals surface area contributed by atoms with Crippen molar-refractivity contribution in [3.63, 3.8) is 0 Å². The van der Waals surface area contributed by atoms with Crippen LogP contribution in [-0.2, 0) is 24.9 Å². The van der Waals surface area contributed by atoms with Crippen molar-refractivity contribution in [1.29, 1.82) is 0 Å². The maximum absolute atomic E-state index is 10.0. The Kier molecular flexibility index (Phi) is 6.64. The van der Waals surface area contributed by atoms with Crippen molar-refractivity contribution in [2.45, 2.75) is 13.8 Å². The summed E-state index contributed by atoms with van der Waals surface area (Å²) in [6.45, 7) is 2.85. The number of ketones is 1. The van der Waals surface area contributed by atoms with Crippen LogP contribution in [0.2, 0.25) is 0 Å². The van der Waals surface area contributed by atoms with Crippen molar-refractivity contribution in [1.82, 2.24) is 14.5 Å². The molecule has 1 radical (unpaired) electrons. The van der Waals surface area contributed by atoms with E-state index in [-0.39, 0.29) is 31.6 Å². The van der Waals surface area contributed by atoms with Crippen molar-refractivity contribution in [3.8, 4) is 5.82 Å². The molecule has 0 aliphatic heterocycles. The van der Waals surface area contributed by atoms with E-state index in [1.54, 1.807) is 0 Å². The molecule has 0 fully saturated rings. The number of nitrogens with zero attached hydrogens (tertiary/aromatic N) is 3. The Labute approximate surface area is 210 Å². The molecule has 0 aliphatic rings. The molecule has 34 heavy (non-hydrogen) atoms. The van der Waals surface area contributed by atoms with Gasteiger partial charge < -0.3 is 14.7 Å². The van der Waals surface area contributed by atoms with Gasteiger partial charge in [-0.1, -0.05) is 84.7 Å². The Morgan fingerprint density at radius 3 is 2.24 bits per heavy atom. The summed E-state index contributed by atoms with van der Waals surface area (Å²) in [6.07, 6.45) is 3.12. The minimum Gasteiger partial charge on any atom is -0.512 e. The molecule has 1 N–H and O–H groups in total. The van der Waals surface area contributed by atoms with Gasteiger partial charge in [-0.3, -0.25) is 9.78 Å². The first-order valence-corrected chi connectivity index (χ1v) is 10.7. The van der Waals surface area contributed by atoms with E-state index in [4.69, 9.17) is 15.1 Å². The van der Waals surface area contributed by atoms with E-state index in [2.05, 4.69) is 71.3 Å². The fourth-order valence-corrected chi connectivity index (χ4v) is 4.23. The van der Waals surface area contributed by atoms with Crippen LogP contribution < -0.4 is 4.98 Å². The van der Waals surface area contributed by atoms with Gasteiger partial charge >= 0.3 is 0 Å². The van der Waals surface area contributed by atoms with Gasteiger partial charge in [0.15, 0.2) is 5.78 Å². The molecule has 5 nitrogen and oxygen atoms in total. The number of hydrogen-bond acceptors (Lipinski definition) is 3. The van der Waals surface area contributed by atoms with Crippen LogP contribution in [0.5, 0.6) is 0 Å².